The van der Waals surface area contributed by atoms with Gasteiger partial charge in [0.15, 0.2) is 0 Å². The lowest BCUT2D eigenvalue weighted by Crippen LogP contribution is -2.36. The van der Waals surface area contributed by atoms with E-state index in [-0.39, 0.29) is 11.4 Å². The van der Waals surface area contributed by atoms with Crippen molar-refractivity contribution in [1.29, 1.82) is 0 Å². The molecule has 0 saturated heterocycles. The molecule has 2 aromatic carbocycles. The van der Waals surface area contributed by atoms with Gasteiger partial charge >= 0.3 is 0 Å². The summed E-state index contributed by atoms with van der Waals surface area (Å²) in [6.45, 7) is 4.02. The Bertz CT molecular complexity index is 892. The topological polar surface area (TPSA) is 88.1 Å². The predicted molar refractivity (Wildman–Crippen MR) is 104 cm³/mol. The number of nitrogens with one attached hydrogen (secondary N) is 1. The monoisotopic (exact) mass is 389 g/mol. The van der Waals surface area contributed by atoms with E-state index in [1.54, 1.807) is 36.4 Å². The molecule has 0 fully saturated rings. The van der Waals surface area contributed by atoms with Gasteiger partial charge in [-0.3, -0.25) is 4.79 Å². The van der Waals surface area contributed by atoms with E-state index < -0.39 is 15.9 Å². The molecule has 1 amide bonds. The Labute approximate surface area is 159 Å². The van der Waals surface area contributed by atoms with Crippen LogP contribution >= 0.6 is 0 Å². The maximum Gasteiger partial charge on any atom is 0.255 e. The number of aryl methyl sites for hydroxylation is 1. The molecule has 8 heteroatoms. The molecule has 0 heterocycles. The minimum Gasteiger partial charge on any atom is -0.494 e. The Hall–Kier alpha value is -2.71. The van der Waals surface area contributed by atoms with Crippen molar-refractivity contribution in [1.82, 2.24) is 9.73 Å². The number of carbonyl (C=O) groups excluding carboxylic acids is 1. The third-order valence-corrected chi connectivity index (χ3v) is 5.51. The second-order valence-electron chi connectivity index (χ2n) is 5.87. The van der Waals surface area contributed by atoms with Crippen LogP contribution in [0.3, 0.4) is 0 Å². The highest BCUT2D eigenvalue weighted by atomic mass is 32.2. The van der Waals surface area contributed by atoms with Crippen molar-refractivity contribution in [2.75, 3.05) is 20.2 Å². The molecule has 0 aliphatic heterocycles. The highest BCUT2D eigenvalue weighted by Crippen LogP contribution is 2.14. The number of likely N-dealkylation sites (N-methyl/N-ethyl adjacent to an activating group) is 1. The molecule has 27 heavy (non-hydrogen) atoms. The minimum atomic E-state index is -3.73. The highest BCUT2D eigenvalue weighted by molar-refractivity contribution is 7.89. The standard InChI is InChI=1S/C19H23N3O4S/c1-4-26-17-9-7-16(8-10-17)13-20-21-19(23)14-22(3)27(24,25)18-11-5-15(2)6-12-18/h5-13H,4,14H2,1-3H3,(H,21,23)/b20-13+. The van der Waals surface area contributed by atoms with Crippen LogP contribution in [0.5, 0.6) is 5.75 Å². The van der Waals surface area contributed by atoms with Gasteiger partial charge in [-0.15, -0.1) is 0 Å². The van der Waals surface area contributed by atoms with Crippen molar-refractivity contribution < 1.29 is 17.9 Å². The number of amides is 1. The summed E-state index contributed by atoms with van der Waals surface area (Å²) in [5.74, 6) is 0.219. The molecule has 0 spiro atoms. The van der Waals surface area contributed by atoms with Crippen molar-refractivity contribution in [2.45, 2.75) is 18.7 Å². The summed E-state index contributed by atoms with van der Waals surface area (Å²) in [5, 5.41) is 3.85. The zero-order valence-electron chi connectivity index (χ0n) is 15.5. The molecule has 0 radical (unpaired) electrons. The first-order valence-corrected chi connectivity index (χ1v) is 9.84. The Balaban J connectivity index is 1.91. The molecule has 7 nitrogen and oxygen atoms in total. The van der Waals surface area contributed by atoms with Crippen LogP contribution in [0.15, 0.2) is 58.5 Å². The first kappa shape index (κ1) is 20.6. The lowest BCUT2D eigenvalue weighted by Gasteiger charge is -2.16. The van der Waals surface area contributed by atoms with Crippen LogP contribution in [0.4, 0.5) is 0 Å². The average Bonchev–Trinajstić information content (AvgIpc) is 2.63. The van der Waals surface area contributed by atoms with Crippen LogP contribution in [0.1, 0.15) is 18.1 Å². The first-order chi connectivity index (χ1) is 12.8. The molecule has 144 valence electrons. The Kier molecular flexibility index (Phi) is 7.09. The zero-order chi connectivity index (χ0) is 19.9. The fourth-order valence-corrected chi connectivity index (χ4v) is 3.34. The van der Waals surface area contributed by atoms with E-state index in [0.29, 0.717) is 6.61 Å². The Morgan fingerprint density at radius 2 is 1.78 bits per heavy atom. The van der Waals surface area contributed by atoms with Gasteiger partial charge in [0.2, 0.25) is 10.0 Å². The Morgan fingerprint density at radius 3 is 2.37 bits per heavy atom. The molecule has 0 bridgehead atoms. The molecule has 0 aliphatic carbocycles. The molecule has 1 N–H and O–H groups in total. The van der Waals surface area contributed by atoms with Crippen LogP contribution in [0, 0.1) is 6.92 Å². The number of hydrogen-bond acceptors (Lipinski definition) is 5. The summed E-state index contributed by atoms with van der Waals surface area (Å²) >= 11 is 0. The third kappa shape index (κ3) is 5.90. The summed E-state index contributed by atoms with van der Waals surface area (Å²) in [5.41, 5.74) is 4.06. The number of rotatable bonds is 8. The summed E-state index contributed by atoms with van der Waals surface area (Å²) in [7, 11) is -2.38. The van der Waals surface area contributed by atoms with Crippen LogP contribution in [-0.2, 0) is 14.8 Å². The molecular weight excluding hydrogens is 366 g/mol. The number of nitrogens with zero attached hydrogens (tertiary/aromatic N) is 2. The van der Waals surface area contributed by atoms with E-state index in [9.17, 15) is 13.2 Å². The van der Waals surface area contributed by atoms with Gasteiger partial charge in [-0.1, -0.05) is 17.7 Å². The second kappa shape index (κ2) is 9.29. The van der Waals surface area contributed by atoms with Gasteiger partial charge in [0.05, 0.1) is 24.3 Å². The molecule has 0 saturated carbocycles. The molecule has 2 rings (SSSR count). The minimum absolute atomic E-state index is 0.140. The first-order valence-electron chi connectivity index (χ1n) is 8.40. The molecule has 2 aromatic rings. The number of carbonyl (C=O) groups is 1. The van der Waals surface area contributed by atoms with Gasteiger partial charge in [0.1, 0.15) is 5.75 Å². The van der Waals surface area contributed by atoms with Gasteiger partial charge in [-0.2, -0.15) is 9.41 Å². The van der Waals surface area contributed by atoms with Gasteiger partial charge in [0.25, 0.3) is 5.91 Å². The SMILES string of the molecule is CCOc1ccc(/C=N/NC(=O)CN(C)S(=O)(=O)c2ccc(C)cc2)cc1. The maximum absolute atomic E-state index is 12.5. The quantitative estimate of drug-likeness (QED) is 0.554. The van der Waals surface area contributed by atoms with E-state index in [1.165, 1.54) is 25.4 Å². The molecular formula is C19H23N3O4S. The second-order valence-corrected chi connectivity index (χ2v) is 7.91. The van der Waals surface area contributed by atoms with Crippen LogP contribution < -0.4 is 10.2 Å². The average molecular weight is 389 g/mol. The van der Waals surface area contributed by atoms with Crippen molar-refractivity contribution in [3.05, 3.63) is 59.7 Å². The summed E-state index contributed by atoms with van der Waals surface area (Å²) in [4.78, 5) is 12.1. The fraction of sp³-hybridized carbons (Fsp3) is 0.263. The van der Waals surface area contributed by atoms with E-state index in [4.69, 9.17) is 4.74 Å². The number of hydrazone groups is 1. The van der Waals surface area contributed by atoms with Gasteiger partial charge < -0.3 is 4.74 Å². The largest absolute Gasteiger partial charge is 0.494 e. The smallest absolute Gasteiger partial charge is 0.255 e. The van der Waals surface area contributed by atoms with E-state index >= 15 is 0 Å². The fourth-order valence-electron chi connectivity index (χ4n) is 2.21. The number of benzene rings is 2. The predicted octanol–water partition coefficient (Wildman–Crippen LogP) is 2.16. The van der Waals surface area contributed by atoms with Crippen molar-refractivity contribution >= 4 is 22.1 Å². The lowest BCUT2D eigenvalue weighted by molar-refractivity contribution is -0.121. The number of sulfonamides is 1. The normalized spacial score (nSPS) is 11.7. The molecule has 0 aromatic heterocycles. The van der Waals surface area contributed by atoms with Crippen molar-refractivity contribution in [3.63, 3.8) is 0 Å². The van der Waals surface area contributed by atoms with Crippen LogP contribution in [0.2, 0.25) is 0 Å². The Morgan fingerprint density at radius 1 is 1.15 bits per heavy atom. The number of hydrogen-bond donors (Lipinski definition) is 1. The summed E-state index contributed by atoms with van der Waals surface area (Å²) in [6, 6.07) is 13.7. The van der Waals surface area contributed by atoms with Crippen molar-refractivity contribution in [2.24, 2.45) is 5.10 Å². The van der Waals surface area contributed by atoms with Crippen molar-refractivity contribution in [3.8, 4) is 5.75 Å². The molecule has 0 atom stereocenters. The van der Waals surface area contributed by atoms with Crippen LogP contribution in [0.25, 0.3) is 0 Å². The van der Waals surface area contributed by atoms with E-state index in [0.717, 1.165) is 21.2 Å². The van der Waals surface area contributed by atoms with Gasteiger partial charge in [-0.25, -0.2) is 13.8 Å². The molecule has 0 aliphatic rings. The van der Waals surface area contributed by atoms with E-state index in [2.05, 4.69) is 10.5 Å². The number of ether oxygens (including phenoxy) is 1. The summed E-state index contributed by atoms with van der Waals surface area (Å²) in [6.07, 6.45) is 1.47. The zero-order valence-corrected chi connectivity index (χ0v) is 16.4. The molecule has 0 unspecified atom stereocenters. The van der Waals surface area contributed by atoms with Gasteiger partial charge in [-0.05, 0) is 55.8 Å². The van der Waals surface area contributed by atoms with Crippen LogP contribution in [-0.4, -0.2) is 45.0 Å². The third-order valence-electron chi connectivity index (χ3n) is 3.69. The summed E-state index contributed by atoms with van der Waals surface area (Å²) < 4.78 is 31.2. The van der Waals surface area contributed by atoms with E-state index in [1.807, 2.05) is 13.8 Å². The highest BCUT2D eigenvalue weighted by Gasteiger charge is 2.22. The maximum atomic E-state index is 12.5. The van der Waals surface area contributed by atoms with Gasteiger partial charge in [0, 0.05) is 7.05 Å². The lowest BCUT2D eigenvalue weighted by atomic mass is 10.2.